The number of fused-ring (bicyclic) bond motifs is 1. The molecule has 5 heteroatoms. The monoisotopic (exact) mass is 384 g/mol. The molecule has 1 aliphatic heterocycles. The first-order valence-corrected chi connectivity index (χ1v) is 10.1. The van der Waals surface area contributed by atoms with Crippen molar-refractivity contribution in [1.29, 1.82) is 0 Å². The molecule has 0 aliphatic carbocycles. The highest BCUT2D eigenvalue weighted by Gasteiger charge is 2.29. The number of methoxy groups -OCH3 is 1. The summed E-state index contributed by atoms with van der Waals surface area (Å²) in [4.78, 5) is 6.98. The number of hydrogen-bond donors (Lipinski definition) is 1. The highest BCUT2D eigenvalue weighted by Crippen LogP contribution is 2.38. The Balaban J connectivity index is 1.43. The topological polar surface area (TPSA) is 54.0 Å². The molecular formula is C24H24N4O. The molecule has 0 spiro atoms. The van der Waals surface area contributed by atoms with Crippen molar-refractivity contribution in [3.8, 4) is 16.9 Å². The number of hydrogen-bond acceptors (Lipinski definition) is 4. The van der Waals surface area contributed by atoms with Crippen LogP contribution in [0, 0.1) is 0 Å². The predicted octanol–water partition coefficient (Wildman–Crippen LogP) is 4.97. The average Bonchev–Trinajstić information content (AvgIpc) is 3.43. The number of likely N-dealkylation sites (tertiary alicyclic amines) is 1. The summed E-state index contributed by atoms with van der Waals surface area (Å²) >= 11 is 0. The highest BCUT2D eigenvalue weighted by molar-refractivity contribution is 5.78. The van der Waals surface area contributed by atoms with Crippen LogP contribution in [-0.2, 0) is 6.54 Å². The molecule has 5 nitrogen and oxygen atoms in total. The second kappa shape index (κ2) is 7.68. The van der Waals surface area contributed by atoms with Crippen LogP contribution in [0.4, 0.5) is 0 Å². The summed E-state index contributed by atoms with van der Waals surface area (Å²) in [6, 6.07) is 19.2. The molecule has 0 saturated carbocycles. The molecule has 0 radical (unpaired) electrons. The van der Waals surface area contributed by atoms with E-state index in [2.05, 4.69) is 56.5 Å². The van der Waals surface area contributed by atoms with Gasteiger partial charge < -0.3 is 4.74 Å². The zero-order valence-corrected chi connectivity index (χ0v) is 16.5. The zero-order valence-electron chi connectivity index (χ0n) is 16.5. The summed E-state index contributed by atoms with van der Waals surface area (Å²) in [5.41, 5.74) is 5.85. The van der Waals surface area contributed by atoms with Gasteiger partial charge >= 0.3 is 0 Å². The second-order valence-electron chi connectivity index (χ2n) is 7.59. The lowest BCUT2D eigenvalue weighted by molar-refractivity contribution is 0.245. The Morgan fingerprint density at radius 3 is 3.03 bits per heavy atom. The van der Waals surface area contributed by atoms with Crippen LogP contribution in [0.2, 0.25) is 0 Å². The standard InChI is InChI=1S/C24H24N4O/c1-29-20-7-2-5-18(14-20)21-15-26-27-24(21)23-8-4-12-28(23)16-17-9-10-22-19(13-17)6-3-11-25-22/h2-3,5-7,9-11,13-15,23H,4,8,12,16H2,1H3,(H,26,27)/t23-/m1/s1. The smallest absolute Gasteiger partial charge is 0.119 e. The summed E-state index contributed by atoms with van der Waals surface area (Å²) < 4.78 is 5.41. The number of rotatable bonds is 5. The van der Waals surface area contributed by atoms with E-state index in [1.165, 1.54) is 23.1 Å². The molecule has 0 amide bonds. The SMILES string of the molecule is COc1cccc(-c2cn[nH]c2[C@H]2CCCN2Cc2ccc3ncccc3c2)c1. The molecule has 0 unspecified atom stereocenters. The van der Waals surface area contributed by atoms with Gasteiger partial charge in [-0.3, -0.25) is 15.0 Å². The van der Waals surface area contributed by atoms with Gasteiger partial charge in [0.2, 0.25) is 0 Å². The summed E-state index contributed by atoms with van der Waals surface area (Å²) in [6.45, 7) is 2.01. The minimum absolute atomic E-state index is 0.336. The van der Waals surface area contributed by atoms with E-state index in [0.717, 1.165) is 41.9 Å². The van der Waals surface area contributed by atoms with Gasteiger partial charge in [0.15, 0.2) is 0 Å². The van der Waals surface area contributed by atoms with Crippen LogP contribution in [0.25, 0.3) is 22.0 Å². The molecule has 29 heavy (non-hydrogen) atoms. The molecule has 1 atom stereocenters. The molecule has 1 saturated heterocycles. The van der Waals surface area contributed by atoms with Crippen LogP contribution in [0.1, 0.15) is 30.1 Å². The van der Waals surface area contributed by atoms with Crippen molar-refractivity contribution < 1.29 is 4.74 Å². The first-order chi connectivity index (χ1) is 14.3. The number of aromatic amines is 1. The van der Waals surface area contributed by atoms with E-state index in [0.29, 0.717) is 6.04 Å². The van der Waals surface area contributed by atoms with Crippen LogP contribution in [0.3, 0.4) is 0 Å². The van der Waals surface area contributed by atoms with Gasteiger partial charge in [-0.15, -0.1) is 0 Å². The predicted molar refractivity (Wildman–Crippen MR) is 115 cm³/mol. The number of nitrogens with zero attached hydrogens (tertiary/aromatic N) is 3. The van der Waals surface area contributed by atoms with Gasteiger partial charge in [-0.25, -0.2) is 0 Å². The fourth-order valence-electron chi connectivity index (χ4n) is 4.37. The minimum Gasteiger partial charge on any atom is -0.497 e. The molecule has 146 valence electrons. The summed E-state index contributed by atoms with van der Waals surface area (Å²) in [7, 11) is 1.70. The maximum absolute atomic E-state index is 5.41. The van der Waals surface area contributed by atoms with Crippen molar-refractivity contribution in [2.75, 3.05) is 13.7 Å². The molecule has 5 rings (SSSR count). The van der Waals surface area contributed by atoms with E-state index in [9.17, 15) is 0 Å². The first kappa shape index (κ1) is 17.9. The van der Waals surface area contributed by atoms with Gasteiger partial charge in [-0.05, 0) is 60.8 Å². The van der Waals surface area contributed by atoms with Gasteiger partial charge in [0.1, 0.15) is 5.75 Å². The highest BCUT2D eigenvalue weighted by atomic mass is 16.5. The molecule has 2 aromatic heterocycles. The molecule has 1 aliphatic rings. The Morgan fingerprint density at radius 2 is 2.10 bits per heavy atom. The minimum atomic E-state index is 0.336. The van der Waals surface area contributed by atoms with E-state index < -0.39 is 0 Å². The third-order valence-electron chi connectivity index (χ3n) is 5.80. The lowest BCUT2D eigenvalue weighted by Crippen LogP contribution is -2.23. The van der Waals surface area contributed by atoms with E-state index >= 15 is 0 Å². The van der Waals surface area contributed by atoms with Crippen LogP contribution < -0.4 is 4.74 Å². The van der Waals surface area contributed by atoms with Crippen LogP contribution in [-0.4, -0.2) is 33.7 Å². The van der Waals surface area contributed by atoms with Gasteiger partial charge in [-0.2, -0.15) is 5.10 Å². The van der Waals surface area contributed by atoms with Crippen LogP contribution in [0.15, 0.2) is 67.0 Å². The molecule has 1 N–H and O–H groups in total. The third-order valence-corrected chi connectivity index (χ3v) is 5.80. The number of ether oxygens (including phenoxy) is 1. The van der Waals surface area contributed by atoms with Crippen molar-refractivity contribution >= 4 is 10.9 Å². The Bertz CT molecular complexity index is 1140. The van der Waals surface area contributed by atoms with Crippen molar-refractivity contribution in [3.63, 3.8) is 0 Å². The number of benzene rings is 2. The normalized spacial score (nSPS) is 17.1. The largest absolute Gasteiger partial charge is 0.497 e. The molecule has 1 fully saturated rings. The fourth-order valence-corrected chi connectivity index (χ4v) is 4.37. The summed E-state index contributed by atoms with van der Waals surface area (Å²) in [5.74, 6) is 0.864. The number of H-pyrrole nitrogens is 1. The Morgan fingerprint density at radius 1 is 1.14 bits per heavy atom. The van der Waals surface area contributed by atoms with Crippen molar-refractivity contribution in [2.24, 2.45) is 0 Å². The lowest BCUT2D eigenvalue weighted by Gasteiger charge is -2.25. The number of pyridine rings is 1. The fraction of sp³-hybridized carbons (Fsp3) is 0.250. The zero-order chi connectivity index (χ0) is 19.6. The van der Waals surface area contributed by atoms with Crippen molar-refractivity contribution in [1.82, 2.24) is 20.1 Å². The first-order valence-electron chi connectivity index (χ1n) is 10.1. The Kier molecular flexibility index (Phi) is 4.74. The van der Waals surface area contributed by atoms with Gasteiger partial charge in [0, 0.05) is 23.7 Å². The quantitative estimate of drug-likeness (QED) is 0.528. The molecule has 3 heterocycles. The van der Waals surface area contributed by atoms with Gasteiger partial charge in [-0.1, -0.05) is 24.3 Å². The van der Waals surface area contributed by atoms with Crippen molar-refractivity contribution in [3.05, 3.63) is 78.2 Å². The van der Waals surface area contributed by atoms with E-state index in [4.69, 9.17) is 4.74 Å². The van der Waals surface area contributed by atoms with Crippen LogP contribution in [0.5, 0.6) is 5.75 Å². The Labute approximate surface area is 170 Å². The van der Waals surface area contributed by atoms with Gasteiger partial charge in [0.25, 0.3) is 0 Å². The molecule has 4 aromatic rings. The van der Waals surface area contributed by atoms with E-state index in [1.54, 1.807) is 7.11 Å². The number of aromatic nitrogens is 3. The average molecular weight is 384 g/mol. The van der Waals surface area contributed by atoms with E-state index in [-0.39, 0.29) is 0 Å². The van der Waals surface area contributed by atoms with E-state index in [1.807, 2.05) is 30.6 Å². The number of nitrogens with one attached hydrogen (secondary N) is 1. The second-order valence-corrected chi connectivity index (χ2v) is 7.59. The lowest BCUT2D eigenvalue weighted by atomic mass is 10.0. The maximum Gasteiger partial charge on any atom is 0.119 e. The third kappa shape index (κ3) is 3.49. The maximum atomic E-state index is 5.41. The summed E-state index contributed by atoms with van der Waals surface area (Å²) in [6.07, 6.45) is 6.10. The van der Waals surface area contributed by atoms with Crippen molar-refractivity contribution in [2.45, 2.75) is 25.4 Å². The molecular weight excluding hydrogens is 360 g/mol. The van der Waals surface area contributed by atoms with Gasteiger partial charge in [0.05, 0.1) is 30.6 Å². The molecule has 2 aromatic carbocycles. The van der Waals surface area contributed by atoms with Crippen LogP contribution >= 0.6 is 0 Å². The molecule has 0 bridgehead atoms. The summed E-state index contributed by atoms with van der Waals surface area (Å²) in [5, 5.41) is 8.86. The Hall–Kier alpha value is -3.18.